The summed E-state index contributed by atoms with van der Waals surface area (Å²) in [7, 11) is 0. The van der Waals surface area contributed by atoms with E-state index < -0.39 is 6.04 Å². The third-order valence-corrected chi connectivity index (χ3v) is 4.94. The highest BCUT2D eigenvalue weighted by Gasteiger charge is 2.21. The third-order valence-electron chi connectivity index (χ3n) is 4.94. The fraction of sp³-hybridized carbons (Fsp3) is 0.368. The number of hydrogen-bond donors (Lipinski definition) is 1. The van der Waals surface area contributed by atoms with Crippen LogP contribution in [0.2, 0.25) is 0 Å². The van der Waals surface area contributed by atoms with Crippen LogP contribution in [0.5, 0.6) is 0 Å². The summed E-state index contributed by atoms with van der Waals surface area (Å²) in [4.78, 5) is 36.8. The first-order chi connectivity index (χ1) is 14.0. The van der Waals surface area contributed by atoms with Gasteiger partial charge in [0.25, 0.3) is 11.1 Å². The molecular weight excluding hydrogens is 374 g/mol. The van der Waals surface area contributed by atoms with Gasteiger partial charge < -0.3 is 5.32 Å². The molecule has 3 aromatic rings. The van der Waals surface area contributed by atoms with Crippen molar-refractivity contribution >= 4 is 5.91 Å². The molecule has 0 spiro atoms. The monoisotopic (exact) mass is 395 g/mol. The molecule has 10 nitrogen and oxygen atoms in total. The fourth-order valence-electron chi connectivity index (χ4n) is 3.36. The van der Waals surface area contributed by atoms with Gasteiger partial charge in [-0.2, -0.15) is 10.2 Å². The smallest absolute Gasteiger partial charge is 0.267 e. The second-order valence-corrected chi connectivity index (χ2v) is 6.92. The molecule has 1 aliphatic rings. The minimum atomic E-state index is -0.742. The van der Waals surface area contributed by atoms with E-state index in [1.165, 1.54) is 15.4 Å². The van der Waals surface area contributed by atoms with Gasteiger partial charge in [-0.25, -0.2) is 14.0 Å². The molecule has 1 N–H and O–H groups in total. The zero-order valence-corrected chi connectivity index (χ0v) is 16.0. The highest BCUT2D eigenvalue weighted by molar-refractivity contribution is 5.79. The van der Waals surface area contributed by atoms with Crippen molar-refractivity contribution in [1.29, 1.82) is 0 Å². The highest BCUT2D eigenvalue weighted by Crippen LogP contribution is 2.17. The minimum Gasteiger partial charge on any atom is -0.352 e. The molecule has 150 valence electrons. The molecule has 0 radical (unpaired) electrons. The Morgan fingerprint density at radius 3 is 2.86 bits per heavy atom. The first-order valence-corrected chi connectivity index (χ1v) is 9.50. The van der Waals surface area contributed by atoms with E-state index in [4.69, 9.17) is 0 Å². The molecule has 0 saturated heterocycles. The predicted molar refractivity (Wildman–Crippen MR) is 104 cm³/mol. The van der Waals surface area contributed by atoms with Crippen LogP contribution in [0.1, 0.15) is 30.6 Å². The van der Waals surface area contributed by atoms with Crippen LogP contribution in [0.15, 0.2) is 46.2 Å². The van der Waals surface area contributed by atoms with Gasteiger partial charge >= 0.3 is 0 Å². The van der Waals surface area contributed by atoms with E-state index >= 15 is 0 Å². The molecule has 0 aliphatic heterocycles. The van der Waals surface area contributed by atoms with Crippen LogP contribution in [0.25, 0.3) is 5.82 Å². The van der Waals surface area contributed by atoms with Crippen molar-refractivity contribution in [3.63, 3.8) is 0 Å². The van der Waals surface area contributed by atoms with Gasteiger partial charge in [0.15, 0.2) is 5.82 Å². The summed E-state index contributed by atoms with van der Waals surface area (Å²) in [5.41, 5.74) is 1.30. The van der Waals surface area contributed by atoms with E-state index in [0.29, 0.717) is 5.82 Å². The summed E-state index contributed by atoms with van der Waals surface area (Å²) < 4.78 is 4.03. The summed E-state index contributed by atoms with van der Waals surface area (Å²) in [5, 5.41) is 15.4. The van der Waals surface area contributed by atoms with Gasteiger partial charge in [-0.1, -0.05) is 0 Å². The number of aromatic nitrogens is 6. The summed E-state index contributed by atoms with van der Waals surface area (Å²) in [6.07, 6.45) is 6.00. The van der Waals surface area contributed by atoms with E-state index in [-0.39, 0.29) is 30.1 Å². The molecule has 1 aliphatic carbocycles. The SMILES string of the molecule is CC(C(=O)NCCn1nc(-n2cccn2)ccc1=O)n1nc2c(cc1=O)CCC2. The lowest BCUT2D eigenvalue weighted by atomic mass is 10.2. The van der Waals surface area contributed by atoms with Crippen LogP contribution in [0.3, 0.4) is 0 Å². The maximum Gasteiger partial charge on any atom is 0.267 e. The third kappa shape index (κ3) is 3.86. The summed E-state index contributed by atoms with van der Waals surface area (Å²) in [5.74, 6) is 0.164. The summed E-state index contributed by atoms with van der Waals surface area (Å²) in [6.45, 7) is 2.02. The van der Waals surface area contributed by atoms with Gasteiger partial charge in [0.1, 0.15) is 6.04 Å². The Morgan fingerprint density at radius 1 is 1.21 bits per heavy atom. The van der Waals surface area contributed by atoms with Crippen molar-refractivity contribution in [1.82, 2.24) is 34.7 Å². The molecule has 0 fully saturated rings. The first-order valence-electron chi connectivity index (χ1n) is 9.50. The van der Waals surface area contributed by atoms with Gasteiger partial charge in [-0.05, 0) is 43.9 Å². The lowest BCUT2D eigenvalue weighted by Crippen LogP contribution is -2.39. The molecule has 4 rings (SSSR count). The molecule has 1 unspecified atom stereocenters. The standard InChI is InChI=1S/C19H21N7O3/c1-13(26-18(28)12-14-4-2-5-15(14)22-26)19(29)20-9-11-25-17(27)7-6-16(23-25)24-10-3-8-21-24/h3,6-8,10,12-13H,2,4-5,9,11H2,1H3,(H,20,29). The number of amides is 1. The zero-order chi connectivity index (χ0) is 20.4. The van der Waals surface area contributed by atoms with Crippen molar-refractivity contribution in [2.24, 2.45) is 0 Å². The number of hydrogen-bond acceptors (Lipinski definition) is 6. The Bertz CT molecular complexity index is 1150. The minimum absolute atomic E-state index is 0.193. The summed E-state index contributed by atoms with van der Waals surface area (Å²) in [6, 6.07) is 5.58. The van der Waals surface area contributed by atoms with Gasteiger partial charge in [0.05, 0.1) is 12.2 Å². The lowest BCUT2D eigenvalue weighted by Gasteiger charge is -2.15. The van der Waals surface area contributed by atoms with Crippen molar-refractivity contribution in [3.8, 4) is 5.82 Å². The molecule has 0 aromatic carbocycles. The Morgan fingerprint density at radius 2 is 2.07 bits per heavy atom. The van der Waals surface area contributed by atoms with Crippen LogP contribution >= 0.6 is 0 Å². The van der Waals surface area contributed by atoms with Gasteiger partial charge in [-0.15, -0.1) is 5.10 Å². The molecule has 0 bridgehead atoms. The van der Waals surface area contributed by atoms with Gasteiger partial charge in [0.2, 0.25) is 5.91 Å². The molecule has 3 aromatic heterocycles. The number of aryl methyl sites for hydroxylation is 2. The molecule has 0 saturated carbocycles. The molecule has 3 heterocycles. The Balaban J connectivity index is 1.41. The Labute approximate surface area is 165 Å². The normalized spacial score (nSPS) is 13.8. The number of nitrogens with zero attached hydrogens (tertiary/aromatic N) is 6. The van der Waals surface area contributed by atoms with Gasteiger partial charge in [0, 0.05) is 31.1 Å². The van der Waals surface area contributed by atoms with E-state index in [2.05, 4.69) is 20.6 Å². The van der Waals surface area contributed by atoms with Crippen molar-refractivity contribution < 1.29 is 4.79 Å². The average Bonchev–Trinajstić information content (AvgIpc) is 3.39. The Kier molecular flexibility index (Phi) is 5.07. The van der Waals surface area contributed by atoms with Crippen LogP contribution in [0.4, 0.5) is 0 Å². The maximum absolute atomic E-state index is 12.5. The first kappa shape index (κ1) is 18.8. The number of rotatable bonds is 6. The quantitative estimate of drug-likeness (QED) is 0.621. The number of fused-ring (bicyclic) bond motifs is 1. The second kappa shape index (κ2) is 7.82. The zero-order valence-electron chi connectivity index (χ0n) is 16.0. The predicted octanol–water partition coefficient (Wildman–Crippen LogP) is -0.148. The maximum atomic E-state index is 12.5. The molecule has 10 heteroatoms. The van der Waals surface area contributed by atoms with Crippen LogP contribution in [-0.4, -0.2) is 41.8 Å². The number of carbonyl (C=O) groups is 1. The van der Waals surface area contributed by atoms with E-state index in [0.717, 1.165) is 30.5 Å². The molecule has 1 amide bonds. The van der Waals surface area contributed by atoms with E-state index in [9.17, 15) is 14.4 Å². The van der Waals surface area contributed by atoms with Crippen molar-refractivity contribution in [2.45, 2.75) is 38.8 Å². The topological polar surface area (TPSA) is 117 Å². The average molecular weight is 395 g/mol. The summed E-state index contributed by atoms with van der Waals surface area (Å²) >= 11 is 0. The Hall–Kier alpha value is -3.56. The van der Waals surface area contributed by atoms with Crippen molar-refractivity contribution in [2.75, 3.05) is 6.54 Å². The lowest BCUT2D eigenvalue weighted by molar-refractivity contribution is -0.124. The second-order valence-electron chi connectivity index (χ2n) is 6.92. The van der Waals surface area contributed by atoms with E-state index in [1.54, 1.807) is 42.2 Å². The van der Waals surface area contributed by atoms with Crippen LogP contribution in [-0.2, 0) is 24.2 Å². The van der Waals surface area contributed by atoms with E-state index in [1.807, 2.05) is 0 Å². The molecule has 29 heavy (non-hydrogen) atoms. The van der Waals surface area contributed by atoms with Crippen LogP contribution < -0.4 is 16.4 Å². The molecule has 1 atom stereocenters. The van der Waals surface area contributed by atoms with Crippen molar-refractivity contribution in [3.05, 3.63) is 68.6 Å². The van der Waals surface area contributed by atoms with Crippen LogP contribution in [0, 0.1) is 0 Å². The number of nitrogens with one attached hydrogen (secondary N) is 1. The largest absolute Gasteiger partial charge is 0.352 e. The van der Waals surface area contributed by atoms with Gasteiger partial charge in [-0.3, -0.25) is 14.4 Å². The fourth-order valence-corrected chi connectivity index (χ4v) is 3.36. The number of carbonyl (C=O) groups excluding carboxylic acids is 1. The highest BCUT2D eigenvalue weighted by atomic mass is 16.2. The molecular formula is C19H21N7O3.